The van der Waals surface area contributed by atoms with Crippen LogP contribution >= 0.6 is 0 Å². The minimum absolute atomic E-state index is 0.120. The van der Waals surface area contributed by atoms with Crippen LogP contribution in [0, 0.1) is 0 Å². The number of aromatic nitrogens is 1. The van der Waals surface area contributed by atoms with E-state index in [0.29, 0.717) is 23.2 Å². The zero-order chi connectivity index (χ0) is 19.5. The van der Waals surface area contributed by atoms with Crippen molar-refractivity contribution < 1.29 is 23.9 Å². The summed E-state index contributed by atoms with van der Waals surface area (Å²) in [5.74, 6) is 0.363. The van der Waals surface area contributed by atoms with Crippen LogP contribution in [0.2, 0.25) is 0 Å². The number of anilines is 1. The standard InChI is InChI=1S/C20H25N3O5/c1-26-16-4-2-14(3-5-16)18-17(20(24)25)19(21-28-18)23-8-6-15(7-9-23)22-10-12-27-13-11-22/h2-5,15H,6-13H2,1H3,(H,24,25). The van der Waals surface area contributed by atoms with E-state index in [4.69, 9.17) is 14.0 Å². The number of hydrogen-bond donors (Lipinski definition) is 1. The van der Waals surface area contributed by atoms with Gasteiger partial charge in [0.1, 0.15) is 5.75 Å². The van der Waals surface area contributed by atoms with Gasteiger partial charge in [0, 0.05) is 37.8 Å². The number of ether oxygens (including phenoxy) is 2. The van der Waals surface area contributed by atoms with Crippen LogP contribution in [0.5, 0.6) is 5.75 Å². The van der Waals surface area contributed by atoms with Crippen LogP contribution in [0.3, 0.4) is 0 Å². The van der Waals surface area contributed by atoms with Crippen molar-refractivity contribution in [3.63, 3.8) is 0 Å². The van der Waals surface area contributed by atoms with Crippen molar-refractivity contribution in [3.8, 4) is 17.1 Å². The maximum atomic E-state index is 12.0. The molecule has 1 N–H and O–H groups in total. The van der Waals surface area contributed by atoms with Crippen molar-refractivity contribution in [1.82, 2.24) is 10.1 Å². The summed E-state index contributed by atoms with van der Waals surface area (Å²) >= 11 is 0. The molecule has 0 bridgehead atoms. The summed E-state index contributed by atoms with van der Waals surface area (Å²) in [6.07, 6.45) is 1.95. The van der Waals surface area contributed by atoms with E-state index >= 15 is 0 Å². The lowest BCUT2D eigenvalue weighted by Gasteiger charge is -2.40. The monoisotopic (exact) mass is 387 g/mol. The predicted molar refractivity (Wildman–Crippen MR) is 103 cm³/mol. The fraction of sp³-hybridized carbons (Fsp3) is 0.500. The van der Waals surface area contributed by atoms with Gasteiger partial charge in [-0.05, 0) is 37.1 Å². The first-order chi connectivity index (χ1) is 13.7. The number of carbonyl (C=O) groups is 1. The van der Waals surface area contributed by atoms with E-state index in [0.717, 1.165) is 52.2 Å². The molecule has 1 aromatic carbocycles. The number of carboxylic acids is 1. The van der Waals surface area contributed by atoms with Crippen molar-refractivity contribution in [1.29, 1.82) is 0 Å². The molecule has 0 atom stereocenters. The van der Waals surface area contributed by atoms with E-state index in [1.807, 2.05) is 4.90 Å². The highest BCUT2D eigenvalue weighted by Crippen LogP contribution is 2.34. The number of aromatic carboxylic acids is 1. The van der Waals surface area contributed by atoms with E-state index in [1.54, 1.807) is 31.4 Å². The Balaban J connectivity index is 1.52. The number of hydrogen-bond acceptors (Lipinski definition) is 7. The van der Waals surface area contributed by atoms with Gasteiger partial charge < -0.3 is 24.0 Å². The Morgan fingerprint density at radius 1 is 1.14 bits per heavy atom. The second-order valence-electron chi connectivity index (χ2n) is 7.11. The number of piperidine rings is 1. The van der Waals surface area contributed by atoms with Crippen LogP contribution in [0.1, 0.15) is 23.2 Å². The highest BCUT2D eigenvalue weighted by molar-refractivity contribution is 5.99. The summed E-state index contributed by atoms with van der Waals surface area (Å²) in [5, 5.41) is 13.9. The molecule has 2 aromatic rings. The molecule has 28 heavy (non-hydrogen) atoms. The Morgan fingerprint density at radius 2 is 1.82 bits per heavy atom. The lowest BCUT2D eigenvalue weighted by Crippen LogP contribution is -2.49. The molecule has 0 radical (unpaired) electrons. The molecule has 8 nitrogen and oxygen atoms in total. The molecular formula is C20H25N3O5. The molecule has 2 saturated heterocycles. The second kappa shape index (κ2) is 8.20. The third kappa shape index (κ3) is 3.70. The lowest BCUT2D eigenvalue weighted by atomic mass is 10.0. The summed E-state index contributed by atoms with van der Waals surface area (Å²) < 4.78 is 16.1. The number of methoxy groups -OCH3 is 1. The molecular weight excluding hydrogens is 362 g/mol. The van der Waals surface area contributed by atoms with Crippen LogP contribution in [-0.2, 0) is 4.74 Å². The molecule has 0 saturated carbocycles. The van der Waals surface area contributed by atoms with Crippen molar-refractivity contribution in [2.45, 2.75) is 18.9 Å². The van der Waals surface area contributed by atoms with Crippen LogP contribution in [0.4, 0.5) is 5.82 Å². The summed E-state index contributed by atoms with van der Waals surface area (Å²) in [6.45, 7) is 5.04. The molecule has 1 aromatic heterocycles. The molecule has 0 aliphatic carbocycles. The number of morpholine rings is 1. The van der Waals surface area contributed by atoms with Gasteiger partial charge in [0.25, 0.3) is 0 Å². The van der Waals surface area contributed by atoms with E-state index in [-0.39, 0.29) is 11.3 Å². The van der Waals surface area contributed by atoms with Gasteiger partial charge in [-0.3, -0.25) is 4.90 Å². The highest BCUT2D eigenvalue weighted by atomic mass is 16.5. The number of nitrogens with zero attached hydrogens (tertiary/aromatic N) is 3. The first-order valence-electron chi connectivity index (χ1n) is 9.61. The molecule has 0 amide bonds. The second-order valence-corrected chi connectivity index (χ2v) is 7.11. The zero-order valence-corrected chi connectivity index (χ0v) is 16.0. The van der Waals surface area contributed by atoms with Gasteiger partial charge >= 0.3 is 5.97 Å². The third-order valence-corrected chi connectivity index (χ3v) is 5.57. The molecule has 0 unspecified atom stereocenters. The van der Waals surface area contributed by atoms with Crippen LogP contribution in [0.15, 0.2) is 28.8 Å². The topological polar surface area (TPSA) is 88.3 Å². The van der Waals surface area contributed by atoms with E-state index < -0.39 is 5.97 Å². The van der Waals surface area contributed by atoms with Crippen molar-refractivity contribution >= 4 is 11.8 Å². The Hall–Kier alpha value is -2.58. The molecule has 8 heteroatoms. The van der Waals surface area contributed by atoms with Gasteiger partial charge in [0.15, 0.2) is 17.1 Å². The van der Waals surface area contributed by atoms with E-state index in [2.05, 4.69) is 10.1 Å². The Morgan fingerprint density at radius 3 is 2.43 bits per heavy atom. The fourth-order valence-electron chi connectivity index (χ4n) is 4.02. The van der Waals surface area contributed by atoms with Gasteiger partial charge in [-0.2, -0.15) is 0 Å². The van der Waals surface area contributed by atoms with E-state index in [1.165, 1.54) is 0 Å². The van der Waals surface area contributed by atoms with Gasteiger partial charge in [-0.25, -0.2) is 4.79 Å². The van der Waals surface area contributed by atoms with Gasteiger partial charge in [0.05, 0.1) is 20.3 Å². The van der Waals surface area contributed by atoms with Crippen molar-refractivity contribution in [3.05, 3.63) is 29.8 Å². The molecule has 2 aliphatic rings. The minimum Gasteiger partial charge on any atom is -0.497 e. The number of rotatable bonds is 5. The van der Waals surface area contributed by atoms with Gasteiger partial charge in [-0.1, -0.05) is 5.16 Å². The Kier molecular flexibility index (Phi) is 5.50. The molecule has 150 valence electrons. The molecule has 0 spiro atoms. The summed E-state index contributed by atoms with van der Waals surface area (Å²) in [5.41, 5.74) is 0.787. The summed E-state index contributed by atoms with van der Waals surface area (Å²) in [4.78, 5) is 16.5. The largest absolute Gasteiger partial charge is 0.497 e. The van der Waals surface area contributed by atoms with Crippen molar-refractivity contribution in [2.75, 3.05) is 51.4 Å². The average Bonchev–Trinajstić information content (AvgIpc) is 3.20. The van der Waals surface area contributed by atoms with Crippen molar-refractivity contribution in [2.24, 2.45) is 0 Å². The first-order valence-corrected chi connectivity index (χ1v) is 9.61. The maximum absolute atomic E-state index is 12.0. The first kappa shape index (κ1) is 18.8. The van der Waals surface area contributed by atoms with Gasteiger partial charge in [-0.15, -0.1) is 0 Å². The molecule has 4 rings (SSSR count). The fourth-order valence-corrected chi connectivity index (χ4v) is 4.02. The Bertz CT molecular complexity index is 806. The average molecular weight is 387 g/mol. The van der Waals surface area contributed by atoms with E-state index in [9.17, 15) is 9.90 Å². The SMILES string of the molecule is COc1ccc(-c2onc(N3CCC(N4CCOCC4)CC3)c2C(=O)O)cc1. The predicted octanol–water partition coefficient (Wildman–Crippen LogP) is 2.35. The van der Waals surface area contributed by atoms with Crippen LogP contribution < -0.4 is 9.64 Å². The maximum Gasteiger partial charge on any atom is 0.343 e. The molecule has 2 aliphatic heterocycles. The highest BCUT2D eigenvalue weighted by Gasteiger charge is 2.31. The summed E-state index contributed by atoms with van der Waals surface area (Å²) in [7, 11) is 1.59. The lowest BCUT2D eigenvalue weighted by molar-refractivity contribution is 0.0114. The number of benzene rings is 1. The summed E-state index contributed by atoms with van der Waals surface area (Å²) in [6, 6.07) is 7.62. The minimum atomic E-state index is -1.03. The normalized spacial score (nSPS) is 19.0. The molecule has 2 fully saturated rings. The zero-order valence-electron chi connectivity index (χ0n) is 16.0. The third-order valence-electron chi connectivity index (χ3n) is 5.57. The smallest absolute Gasteiger partial charge is 0.343 e. The molecule has 3 heterocycles. The number of carboxylic acid groups (broad SMARTS) is 1. The van der Waals surface area contributed by atoms with Crippen LogP contribution in [0.25, 0.3) is 11.3 Å². The Labute approximate surface area is 163 Å². The van der Waals surface area contributed by atoms with Gasteiger partial charge in [0.2, 0.25) is 0 Å². The quantitative estimate of drug-likeness (QED) is 0.836. The van der Waals surface area contributed by atoms with Crippen LogP contribution in [-0.4, -0.2) is 73.7 Å².